The van der Waals surface area contributed by atoms with Crippen LogP contribution in [-0.4, -0.2) is 15.8 Å². The van der Waals surface area contributed by atoms with Gasteiger partial charge in [0.05, 0.1) is 5.69 Å². The van der Waals surface area contributed by atoms with Crippen molar-refractivity contribution in [3.63, 3.8) is 0 Å². The van der Waals surface area contributed by atoms with Gasteiger partial charge in [-0.3, -0.25) is 4.68 Å². The van der Waals surface area contributed by atoms with Gasteiger partial charge >= 0.3 is 0 Å². The number of nitrogens with two attached hydrogens (primary N) is 1. The fourth-order valence-corrected chi connectivity index (χ4v) is 2.08. The third kappa shape index (κ3) is 3.34. The van der Waals surface area contributed by atoms with Crippen molar-refractivity contribution in [3.05, 3.63) is 18.0 Å². The number of hydrogen-bond donors (Lipinski definition) is 1. The second-order valence-electron chi connectivity index (χ2n) is 4.83. The average Bonchev–Trinajstić information content (AvgIpc) is 2.68. The lowest BCUT2D eigenvalue weighted by Crippen LogP contribution is -2.31. The lowest BCUT2D eigenvalue weighted by atomic mass is 9.92. The van der Waals surface area contributed by atoms with Crippen molar-refractivity contribution in [2.75, 3.05) is 0 Å². The van der Waals surface area contributed by atoms with E-state index in [1.54, 1.807) is 0 Å². The van der Waals surface area contributed by atoms with E-state index < -0.39 is 0 Å². The van der Waals surface area contributed by atoms with Crippen molar-refractivity contribution < 1.29 is 0 Å². The van der Waals surface area contributed by atoms with Gasteiger partial charge in [0.2, 0.25) is 0 Å². The van der Waals surface area contributed by atoms with Gasteiger partial charge in [0.15, 0.2) is 0 Å². The summed E-state index contributed by atoms with van der Waals surface area (Å²) in [7, 11) is 0. The predicted octanol–water partition coefficient (Wildman–Crippen LogP) is 2.77. The minimum Gasteiger partial charge on any atom is -0.327 e. The van der Waals surface area contributed by atoms with Gasteiger partial charge in [0, 0.05) is 24.7 Å². The third-order valence-electron chi connectivity index (χ3n) is 3.29. The minimum absolute atomic E-state index is 0.241. The Balaban J connectivity index is 2.58. The highest BCUT2D eigenvalue weighted by atomic mass is 15.3. The highest BCUT2D eigenvalue weighted by molar-refractivity contribution is 5.02. The summed E-state index contributed by atoms with van der Waals surface area (Å²) in [6.07, 6.45) is 5.25. The zero-order valence-electron chi connectivity index (χ0n) is 11.0. The van der Waals surface area contributed by atoms with Crippen LogP contribution >= 0.6 is 0 Å². The van der Waals surface area contributed by atoms with Gasteiger partial charge in [0.25, 0.3) is 0 Å². The van der Waals surface area contributed by atoms with Crippen molar-refractivity contribution in [3.8, 4) is 0 Å². The molecule has 0 amide bonds. The van der Waals surface area contributed by atoms with Crippen LogP contribution in [-0.2, 0) is 6.42 Å². The van der Waals surface area contributed by atoms with Crippen molar-refractivity contribution in [2.45, 2.75) is 59.0 Å². The predicted molar refractivity (Wildman–Crippen MR) is 68.4 cm³/mol. The van der Waals surface area contributed by atoms with Crippen LogP contribution in [0.15, 0.2) is 12.3 Å². The van der Waals surface area contributed by atoms with Crippen molar-refractivity contribution in [2.24, 2.45) is 11.7 Å². The normalized spacial score (nSPS) is 13.7. The zero-order valence-corrected chi connectivity index (χ0v) is 11.0. The summed E-state index contributed by atoms with van der Waals surface area (Å²) in [5, 5.41) is 4.54. The highest BCUT2D eigenvalue weighted by Gasteiger charge is 2.15. The molecule has 1 heterocycles. The van der Waals surface area contributed by atoms with E-state index >= 15 is 0 Å². The van der Waals surface area contributed by atoms with Crippen LogP contribution in [0, 0.1) is 5.92 Å². The second-order valence-corrected chi connectivity index (χ2v) is 4.83. The molecule has 92 valence electrons. The molecule has 0 fully saturated rings. The van der Waals surface area contributed by atoms with Crippen molar-refractivity contribution in [1.29, 1.82) is 0 Å². The molecule has 2 N–H and O–H groups in total. The van der Waals surface area contributed by atoms with Gasteiger partial charge in [-0.05, 0) is 25.8 Å². The largest absolute Gasteiger partial charge is 0.327 e. The van der Waals surface area contributed by atoms with Gasteiger partial charge < -0.3 is 5.73 Å². The summed E-state index contributed by atoms with van der Waals surface area (Å²) in [6, 6.07) is 2.76. The quantitative estimate of drug-likeness (QED) is 0.806. The number of nitrogens with zero attached hydrogens (tertiary/aromatic N) is 2. The summed E-state index contributed by atoms with van der Waals surface area (Å²) in [5.74, 6) is 0.615. The standard InChI is InChI=1S/C13H25N3/c1-5-11(6-2)13(14)9-12-7-8-16(15-12)10(3)4/h7-8,10-11,13H,5-6,9,14H2,1-4H3. The molecule has 0 aliphatic rings. The third-order valence-corrected chi connectivity index (χ3v) is 3.29. The first-order chi connectivity index (χ1) is 7.58. The fraction of sp³-hybridized carbons (Fsp3) is 0.769. The Hall–Kier alpha value is -0.830. The molecule has 1 aromatic rings. The van der Waals surface area contributed by atoms with E-state index in [0.717, 1.165) is 25.0 Å². The molecular formula is C13H25N3. The summed E-state index contributed by atoms with van der Waals surface area (Å²) in [4.78, 5) is 0. The van der Waals surface area contributed by atoms with E-state index in [0.29, 0.717) is 12.0 Å². The van der Waals surface area contributed by atoms with Crippen LogP contribution in [0.2, 0.25) is 0 Å². The zero-order chi connectivity index (χ0) is 12.1. The Labute approximate surface area is 99.0 Å². The summed E-state index contributed by atoms with van der Waals surface area (Å²) in [5.41, 5.74) is 7.33. The van der Waals surface area contributed by atoms with E-state index in [1.807, 2.05) is 10.9 Å². The van der Waals surface area contributed by atoms with E-state index in [2.05, 4.69) is 38.9 Å². The maximum atomic E-state index is 6.21. The summed E-state index contributed by atoms with van der Waals surface area (Å²) < 4.78 is 1.99. The maximum absolute atomic E-state index is 6.21. The van der Waals surface area contributed by atoms with Gasteiger partial charge in [0.1, 0.15) is 0 Å². The maximum Gasteiger partial charge on any atom is 0.0640 e. The van der Waals surface area contributed by atoms with Crippen LogP contribution < -0.4 is 5.73 Å². The van der Waals surface area contributed by atoms with E-state index in [4.69, 9.17) is 5.73 Å². The molecule has 0 saturated heterocycles. The second kappa shape index (κ2) is 6.04. The van der Waals surface area contributed by atoms with Gasteiger partial charge in [-0.25, -0.2) is 0 Å². The number of hydrogen-bond acceptors (Lipinski definition) is 2. The minimum atomic E-state index is 0.241. The van der Waals surface area contributed by atoms with Crippen LogP contribution in [0.5, 0.6) is 0 Å². The molecule has 16 heavy (non-hydrogen) atoms. The van der Waals surface area contributed by atoms with Crippen LogP contribution in [0.1, 0.15) is 52.3 Å². The first kappa shape index (κ1) is 13.2. The van der Waals surface area contributed by atoms with Gasteiger partial charge in [-0.1, -0.05) is 26.7 Å². The molecule has 0 spiro atoms. The lowest BCUT2D eigenvalue weighted by Gasteiger charge is -2.20. The molecule has 1 aromatic heterocycles. The molecule has 3 heteroatoms. The summed E-state index contributed by atoms with van der Waals surface area (Å²) >= 11 is 0. The molecule has 1 atom stereocenters. The van der Waals surface area contributed by atoms with Crippen LogP contribution in [0.25, 0.3) is 0 Å². The molecule has 1 unspecified atom stereocenters. The molecule has 1 rings (SSSR count). The van der Waals surface area contributed by atoms with Crippen molar-refractivity contribution in [1.82, 2.24) is 9.78 Å². The molecule has 0 radical (unpaired) electrons. The average molecular weight is 223 g/mol. The molecule has 3 nitrogen and oxygen atoms in total. The van der Waals surface area contributed by atoms with Crippen LogP contribution in [0.4, 0.5) is 0 Å². The Kier molecular flexibility index (Phi) is 5.00. The first-order valence-electron chi connectivity index (χ1n) is 6.38. The Morgan fingerprint density at radius 1 is 1.31 bits per heavy atom. The fourth-order valence-electron chi connectivity index (χ4n) is 2.08. The van der Waals surface area contributed by atoms with Crippen molar-refractivity contribution >= 4 is 0 Å². The Morgan fingerprint density at radius 3 is 2.38 bits per heavy atom. The SMILES string of the molecule is CCC(CC)C(N)Cc1ccn(C(C)C)n1. The number of aromatic nitrogens is 2. The lowest BCUT2D eigenvalue weighted by molar-refractivity contribution is 0.389. The molecular weight excluding hydrogens is 198 g/mol. The van der Waals surface area contributed by atoms with Gasteiger partial charge in [-0.2, -0.15) is 5.10 Å². The summed E-state index contributed by atoms with van der Waals surface area (Å²) in [6.45, 7) is 8.69. The topological polar surface area (TPSA) is 43.8 Å². The molecule has 0 aliphatic heterocycles. The molecule has 0 aliphatic carbocycles. The monoisotopic (exact) mass is 223 g/mol. The Morgan fingerprint density at radius 2 is 1.94 bits per heavy atom. The Bertz CT molecular complexity index is 300. The van der Waals surface area contributed by atoms with Gasteiger partial charge in [-0.15, -0.1) is 0 Å². The van der Waals surface area contributed by atoms with Crippen LogP contribution in [0.3, 0.4) is 0 Å². The number of rotatable bonds is 6. The highest BCUT2D eigenvalue weighted by Crippen LogP contribution is 2.15. The van der Waals surface area contributed by atoms with E-state index in [1.165, 1.54) is 0 Å². The molecule has 0 bridgehead atoms. The molecule has 0 saturated carbocycles. The molecule has 0 aromatic carbocycles. The smallest absolute Gasteiger partial charge is 0.0640 e. The first-order valence-corrected chi connectivity index (χ1v) is 6.38. The van der Waals surface area contributed by atoms with E-state index in [9.17, 15) is 0 Å². The van der Waals surface area contributed by atoms with E-state index in [-0.39, 0.29) is 6.04 Å².